The molecule has 33 heavy (non-hydrogen) atoms. The summed E-state index contributed by atoms with van der Waals surface area (Å²) in [6.45, 7) is 4.11. The second kappa shape index (κ2) is 8.40. The highest BCUT2D eigenvalue weighted by Gasteiger charge is 2.34. The first-order chi connectivity index (χ1) is 15.8. The van der Waals surface area contributed by atoms with E-state index >= 15 is 0 Å². The first kappa shape index (κ1) is 21.8. The molecule has 3 aromatic carbocycles. The van der Waals surface area contributed by atoms with Gasteiger partial charge in [0.2, 0.25) is 0 Å². The van der Waals surface area contributed by atoms with E-state index in [0.29, 0.717) is 22.2 Å². The normalized spacial score (nSPS) is 18.5. The lowest BCUT2D eigenvalue weighted by molar-refractivity contribution is 0.138. The molecule has 1 N–H and O–H groups in total. The fourth-order valence-electron chi connectivity index (χ4n) is 4.33. The molecule has 168 valence electrons. The number of fused-ring (bicyclic) bond motifs is 1. The Balaban J connectivity index is 1.43. The van der Waals surface area contributed by atoms with Crippen LogP contribution in [0.3, 0.4) is 0 Å². The molecule has 2 amide bonds. The second-order valence-corrected chi connectivity index (χ2v) is 9.83. The first-order valence-electron chi connectivity index (χ1n) is 10.8. The Morgan fingerprint density at radius 1 is 1.03 bits per heavy atom. The van der Waals surface area contributed by atoms with E-state index < -0.39 is 0 Å². The number of benzene rings is 3. The van der Waals surface area contributed by atoms with Gasteiger partial charge in [-0.2, -0.15) is 5.10 Å². The highest BCUT2D eigenvalue weighted by Crippen LogP contribution is 2.37. The van der Waals surface area contributed by atoms with E-state index in [1.807, 2.05) is 66.7 Å². The summed E-state index contributed by atoms with van der Waals surface area (Å²) in [7, 11) is 0. The Bertz CT molecular complexity index is 1240. The molecule has 2 aliphatic rings. The number of nitrogens with one attached hydrogen (secondary N) is 1. The lowest BCUT2D eigenvalue weighted by Gasteiger charge is -2.22. The highest BCUT2D eigenvalue weighted by atomic mass is 35.5. The molecule has 0 bridgehead atoms. The minimum Gasteiger partial charge on any atom is -0.487 e. The molecule has 7 heteroatoms. The number of hydrogen-bond donors (Lipinski definition) is 1. The zero-order valence-electron chi connectivity index (χ0n) is 18.3. The van der Waals surface area contributed by atoms with Crippen LogP contribution in [0.15, 0.2) is 71.8 Å². The van der Waals surface area contributed by atoms with E-state index in [1.54, 1.807) is 0 Å². The van der Waals surface area contributed by atoms with Crippen LogP contribution in [0, 0.1) is 0 Å². The van der Waals surface area contributed by atoms with E-state index in [2.05, 4.69) is 19.2 Å². The van der Waals surface area contributed by atoms with Crippen LogP contribution < -0.4 is 10.1 Å². The van der Waals surface area contributed by atoms with Crippen molar-refractivity contribution < 1.29 is 9.53 Å². The number of hydrogen-bond acceptors (Lipinski definition) is 3. The van der Waals surface area contributed by atoms with Gasteiger partial charge in [-0.1, -0.05) is 47.5 Å². The van der Waals surface area contributed by atoms with Gasteiger partial charge in [0.05, 0.1) is 11.8 Å². The number of rotatable bonds is 3. The molecule has 0 radical (unpaired) electrons. The molecule has 0 aliphatic carbocycles. The van der Waals surface area contributed by atoms with Crippen molar-refractivity contribution in [1.82, 2.24) is 5.01 Å². The number of urea groups is 1. The first-order valence-corrected chi connectivity index (χ1v) is 11.5. The number of carbonyl (C=O) groups excluding carboxylic acids is 1. The zero-order valence-corrected chi connectivity index (χ0v) is 19.8. The van der Waals surface area contributed by atoms with Gasteiger partial charge in [-0.15, -0.1) is 0 Å². The van der Waals surface area contributed by atoms with Gasteiger partial charge in [-0.25, -0.2) is 9.80 Å². The zero-order chi connectivity index (χ0) is 23.2. The molecule has 0 saturated heterocycles. The molecule has 0 saturated carbocycles. The summed E-state index contributed by atoms with van der Waals surface area (Å²) >= 11 is 12.1. The fraction of sp³-hybridized carbons (Fsp3) is 0.231. The molecule has 0 fully saturated rings. The van der Waals surface area contributed by atoms with Crippen molar-refractivity contribution in [3.05, 3.63) is 93.5 Å². The van der Waals surface area contributed by atoms with Crippen LogP contribution >= 0.6 is 23.2 Å². The number of hydrazone groups is 1. The Kier molecular flexibility index (Phi) is 5.55. The molecule has 1 atom stereocenters. The summed E-state index contributed by atoms with van der Waals surface area (Å²) < 4.78 is 5.94. The lowest BCUT2D eigenvalue weighted by atomic mass is 9.98. The molecule has 2 heterocycles. The van der Waals surface area contributed by atoms with E-state index in [-0.39, 0.29) is 17.7 Å². The van der Waals surface area contributed by atoms with Crippen LogP contribution in [-0.2, 0) is 6.42 Å². The number of halogens is 2. The third kappa shape index (κ3) is 4.56. The minimum absolute atomic E-state index is 0.239. The average Bonchev–Trinajstić information content (AvgIpc) is 3.34. The molecular formula is C26H23Cl2N3O2. The maximum Gasteiger partial charge on any atom is 0.342 e. The predicted molar refractivity (Wildman–Crippen MR) is 133 cm³/mol. The Hall–Kier alpha value is -3.02. The summed E-state index contributed by atoms with van der Waals surface area (Å²) in [4.78, 5) is 13.4. The molecule has 3 aromatic rings. The second-order valence-electron chi connectivity index (χ2n) is 8.96. The van der Waals surface area contributed by atoms with Gasteiger partial charge >= 0.3 is 6.03 Å². The van der Waals surface area contributed by atoms with Crippen molar-refractivity contribution in [2.45, 2.75) is 38.3 Å². The highest BCUT2D eigenvalue weighted by molar-refractivity contribution is 6.31. The molecular weight excluding hydrogens is 457 g/mol. The van der Waals surface area contributed by atoms with Crippen LogP contribution in [0.5, 0.6) is 5.75 Å². The van der Waals surface area contributed by atoms with Crippen molar-refractivity contribution in [2.75, 3.05) is 5.32 Å². The van der Waals surface area contributed by atoms with Gasteiger partial charge in [0.15, 0.2) is 0 Å². The summed E-state index contributed by atoms with van der Waals surface area (Å²) in [5.41, 5.74) is 4.28. The van der Waals surface area contributed by atoms with Crippen molar-refractivity contribution in [1.29, 1.82) is 0 Å². The van der Waals surface area contributed by atoms with Crippen LogP contribution in [0.25, 0.3) is 0 Å². The Morgan fingerprint density at radius 3 is 2.39 bits per heavy atom. The topological polar surface area (TPSA) is 53.9 Å². The van der Waals surface area contributed by atoms with Gasteiger partial charge in [0, 0.05) is 34.1 Å². The molecule has 5 nitrogen and oxygen atoms in total. The monoisotopic (exact) mass is 479 g/mol. The number of nitrogens with zero attached hydrogens (tertiary/aromatic N) is 2. The van der Waals surface area contributed by atoms with Gasteiger partial charge in [0.1, 0.15) is 11.4 Å². The SMILES string of the molecule is CC1(C)Cc2cc(NC(=O)N3N=C(c4ccc(Cl)cc4)CC3c3ccc(Cl)cc3)ccc2O1. The van der Waals surface area contributed by atoms with Gasteiger partial charge in [-0.05, 0) is 67.4 Å². The molecule has 5 rings (SSSR count). The standard InChI is InChI=1S/C26H23Cl2N3O2/c1-26(2)15-18-13-21(11-12-24(18)33-26)29-25(32)31-23(17-5-9-20(28)10-6-17)14-22(30-31)16-3-7-19(27)8-4-16/h3-13,23H,14-15H2,1-2H3,(H,29,32). The summed E-state index contributed by atoms with van der Waals surface area (Å²) in [6, 6.07) is 20.2. The van der Waals surface area contributed by atoms with E-state index in [4.69, 9.17) is 33.0 Å². The maximum atomic E-state index is 13.4. The summed E-state index contributed by atoms with van der Waals surface area (Å²) in [5, 5.41) is 10.5. The predicted octanol–water partition coefficient (Wildman–Crippen LogP) is 7.09. The van der Waals surface area contributed by atoms with E-state index in [0.717, 1.165) is 34.6 Å². The van der Waals surface area contributed by atoms with Crippen LogP contribution in [-0.4, -0.2) is 22.4 Å². The number of ether oxygens (including phenoxy) is 1. The molecule has 0 spiro atoms. The smallest absolute Gasteiger partial charge is 0.342 e. The van der Waals surface area contributed by atoms with Crippen LogP contribution in [0.1, 0.15) is 43.0 Å². The van der Waals surface area contributed by atoms with Crippen molar-refractivity contribution in [3.8, 4) is 5.75 Å². The van der Waals surface area contributed by atoms with Crippen molar-refractivity contribution in [3.63, 3.8) is 0 Å². The van der Waals surface area contributed by atoms with Crippen molar-refractivity contribution >= 4 is 40.6 Å². The number of amides is 2. The summed E-state index contributed by atoms with van der Waals surface area (Å²) in [5.74, 6) is 0.862. The molecule has 0 aromatic heterocycles. The van der Waals surface area contributed by atoms with Gasteiger partial charge in [-0.3, -0.25) is 0 Å². The minimum atomic E-state index is -0.294. The lowest BCUT2D eigenvalue weighted by Crippen LogP contribution is -2.31. The maximum absolute atomic E-state index is 13.4. The average molecular weight is 480 g/mol. The Labute approximate surface area is 203 Å². The molecule has 1 unspecified atom stereocenters. The molecule has 2 aliphatic heterocycles. The summed E-state index contributed by atoms with van der Waals surface area (Å²) in [6.07, 6.45) is 1.38. The quantitative estimate of drug-likeness (QED) is 0.435. The number of carbonyl (C=O) groups is 1. The van der Waals surface area contributed by atoms with Crippen molar-refractivity contribution in [2.24, 2.45) is 5.10 Å². The van der Waals surface area contributed by atoms with Gasteiger partial charge in [0.25, 0.3) is 0 Å². The third-order valence-corrected chi connectivity index (χ3v) is 6.37. The van der Waals surface area contributed by atoms with Gasteiger partial charge < -0.3 is 10.1 Å². The number of anilines is 1. The Morgan fingerprint density at radius 2 is 1.70 bits per heavy atom. The van der Waals surface area contributed by atoms with Crippen LogP contribution in [0.4, 0.5) is 10.5 Å². The van der Waals surface area contributed by atoms with E-state index in [1.165, 1.54) is 5.01 Å². The van der Waals surface area contributed by atoms with Crippen LogP contribution in [0.2, 0.25) is 10.0 Å². The largest absolute Gasteiger partial charge is 0.487 e. The fourth-order valence-corrected chi connectivity index (χ4v) is 4.58. The third-order valence-electron chi connectivity index (χ3n) is 5.86. The van der Waals surface area contributed by atoms with E-state index in [9.17, 15) is 4.79 Å².